The van der Waals surface area contributed by atoms with Crippen LogP contribution in [0, 0.1) is 0 Å². The number of methoxy groups -OCH3 is 1. The van der Waals surface area contributed by atoms with Crippen molar-refractivity contribution in [1.82, 2.24) is 9.88 Å². The molecule has 7 heteroatoms. The second kappa shape index (κ2) is 8.79. The highest BCUT2D eigenvalue weighted by molar-refractivity contribution is 6.23. The molecule has 2 aromatic carbocycles. The fraction of sp³-hybridized carbons (Fsp3) is 0.167. The van der Waals surface area contributed by atoms with Crippen LogP contribution in [0.25, 0.3) is 0 Å². The predicted molar refractivity (Wildman–Crippen MR) is 114 cm³/mol. The number of imide groups is 1. The molecule has 7 nitrogen and oxygen atoms in total. The van der Waals surface area contributed by atoms with Gasteiger partial charge in [0.05, 0.1) is 19.2 Å². The lowest BCUT2D eigenvalue weighted by Crippen LogP contribution is -2.45. The van der Waals surface area contributed by atoms with Crippen LogP contribution in [0.15, 0.2) is 79.1 Å². The first-order chi connectivity index (χ1) is 15.1. The molecule has 1 fully saturated rings. The molecular formula is C24H21N3O4. The first kappa shape index (κ1) is 20.3. The summed E-state index contributed by atoms with van der Waals surface area (Å²) in [4.78, 5) is 46.2. The number of carbonyl (C=O) groups is 3. The van der Waals surface area contributed by atoms with E-state index in [0.717, 1.165) is 10.5 Å². The van der Waals surface area contributed by atoms with E-state index in [1.807, 2.05) is 12.1 Å². The second-order valence-electron chi connectivity index (χ2n) is 7.15. The largest absolute Gasteiger partial charge is 0.497 e. The smallest absolute Gasteiger partial charge is 0.257 e. The van der Waals surface area contributed by atoms with Crippen LogP contribution >= 0.6 is 0 Å². The van der Waals surface area contributed by atoms with Gasteiger partial charge in [-0.05, 0) is 42.0 Å². The van der Waals surface area contributed by atoms with Gasteiger partial charge >= 0.3 is 0 Å². The van der Waals surface area contributed by atoms with Crippen molar-refractivity contribution in [3.8, 4) is 5.75 Å². The van der Waals surface area contributed by atoms with Crippen molar-refractivity contribution >= 4 is 23.4 Å². The van der Waals surface area contributed by atoms with Gasteiger partial charge in [-0.25, -0.2) is 4.90 Å². The van der Waals surface area contributed by atoms with E-state index in [-0.39, 0.29) is 24.8 Å². The van der Waals surface area contributed by atoms with Crippen LogP contribution in [0.5, 0.6) is 5.75 Å². The Morgan fingerprint density at radius 1 is 1.10 bits per heavy atom. The minimum Gasteiger partial charge on any atom is -0.497 e. The molecular weight excluding hydrogens is 394 g/mol. The molecule has 31 heavy (non-hydrogen) atoms. The van der Waals surface area contributed by atoms with Crippen molar-refractivity contribution in [3.63, 3.8) is 0 Å². The van der Waals surface area contributed by atoms with Crippen LogP contribution in [-0.4, -0.2) is 40.8 Å². The van der Waals surface area contributed by atoms with E-state index in [4.69, 9.17) is 4.74 Å². The van der Waals surface area contributed by atoms with Crippen molar-refractivity contribution in [1.29, 1.82) is 0 Å². The number of benzene rings is 2. The minimum absolute atomic E-state index is 0.0797. The molecule has 3 aromatic rings. The van der Waals surface area contributed by atoms with Gasteiger partial charge in [0.15, 0.2) is 0 Å². The zero-order valence-electron chi connectivity index (χ0n) is 17.0. The Balaban J connectivity index is 1.69. The van der Waals surface area contributed by atoms with Crippen molar-refractivity contribution < 1.29 is 19.1 Å². The van der Waals surface area contributed by atoms with E-state index in [0.29, 0.717) is 17.0 Å². The summed E-state index contributed by atoms with van der Waals surface area (Å²) >= 11 is 0. The number of ether oxygens (including phenoxy) is 1. The van der Waals surface area contributed by atoms with Crippen molar-refractivity contribution in [3.05, 3.63) is 90.3 Å². The van der Waals surface area contributed by atoms with E-state index < -0.39 is 11.9 Å². The van der Waals surface area contributed by atoms with Crippen LogP contribution in [0.2, 0.25) is 0 Å². The van der Waals surface area contributed by atoms with Crippen LogP contribution in [0.3, 0.4) is 0 Å². The molecule has 1 atom stereocenters. The molecule has 0 spiro atoms. The number of anilines is 1. The Morgan fingerprint density at radius 2 is 1.90 bits per heavy atom. The Kier molecular flexibility index (Phi) is 5.75. The molecule has 0 aliphatic carbocycles. The average molecular weight is 415 g/mol. The van der Waals surface area contributed by atoms with Crippen LogP contribution in [-0.2, 0) is 16.1 Å². The maximum absolute atomic E-state index is 13.5. The van der Waals surface area contributed by atoms with Crippen molar-refractivity contribution in [2.75, 3.05) is 12.0 Å². The van der Waals surface area contributed by atoms with Crippen LogP contribution in [0.1, 0.15) is 22.3 Å². The molecule has 1 unspecified atom stereocenters. The molecule has 1 aliphatic rings. The van der Waals surface area contributed by atoms with E-state index in [9.17, 15) is 14.4 Å². The topological polar surface area (TPSA) is 79.8 Å². The van der Waals surface area contributed by atoms with Gasteiger partial charge in [-0.2, -0.15) is 0 Å². The number of hydrogen-bond donors (Lipinski definition) is 0. The van der Waals surface area contributed by atoms with Crippen molar-refractivity contribution in [2.45, 2.75) is 19.0 Å². The van der Waals surface area contributed by atoms with Crippen LogP contribution < -0.4 is 9.64 Å². The molecule has 4 rings (SSSR count). The second-order valence-corrected chi connectivity index (χ2v) is 7.15. The first-order valence-corrected chi connectivity index (χ1v) is 9.84. The zero-order valence-corrected chi connectivity index (χ0v) is 17.0. The summed E-state index contributed by atoms with van der Waals surface area (Å²) in [6, 6.07) is 18.2. The number of para-hydroxylation sites is 1. The number of pyridine rings is 1. The zero-order chi connectivity index (χ0) is 21.8. The number of aromatic nitrogens is 1. The molecule has 0 radical (unpaired) electrons. The molecule has 0 N–H and O–H groups in total. The third-order valence-electron chi connectivity index (χ3n) is 5.17. The Morgan fingerprint density at radius 3 is 2.61 bits per heavy atom. The summed E-state index contributed by atoms with van der Waals surface area (Å²) < 4.78 is 5.23. The highest BCUT2D eigenvalue weighted by Gasteiger charge is 2.44. The third kappa shape index (κ3) is 4.16. The van der Waals surface area contributed by atoms with Gasteiger partial charge < -0.3 is 9.64 Å². The summed E-state index contributed by atoms with van der Waals surface area (Å²) in [5.41, 5.74) is 1.63. The molecule has 3 amide bonds. The van der Waals surface area contributed by atoms with Gasteiger partial charge in [-0.1, -0.05) is 30.3 Å². The lowest BCUT2D eigenvalue weighted by Gasteiger charge is -2.28. The molecule has 2 heterocycles. The fourth-order valence-electron chi connectivity index (χ4n) is 3.64. The molecule has 156 valence electrons. The number of hydrogen-bond acceptors (Lipinski definition) is 5. The summed E-state index contributed by atoms with van der Waals surface area (Å²) in [5.74, 6) is -0.581. The van der Waals surface area contributed by atoms with E-state index in [1.165, 1.54) is 12.0 Å². The van der Waals surface area contributed by atoms with E-state index in [2.05, 4.69) is 4.98 Å². The van der Waals surface area contributed by atoms with E-state index >= 15 is 0 Å². The molecule has 1 aliphatic heterocycles. The van der Waals surface area contributed by atoms with E-state index in [1.54, 1.807) is 67.0 Å². The first-order valence-electron chi connectivity index (χ1n) is 9.84. The van der Waals surface area contributed by atoms with Gasteiger partial charge in [-0.15, -0.1) is 0 Å². The van der Waals surface area contributed by atoms with Crippen molar-refractivity contribution in [2.24, 2.45) is 0 Å². The number of carbonyl (C=O) groups excluding carboxylic acids is 3. The van der Waals surface area contributed by atoms with Gasteiger partial charge in [0.2, 0.25) is 5.91 Å². The van der Waals surface area contributed by atoms with Crippen LogP contribution in [0.4, 0.5) is 5.69 Å². The molecule has 0 bridgehead atoms. The Hall–Kier alpha value is -4.00. The summed E-state index contributed by atoms with van der Waals surface area (Å²) in [5, 5.41) is 0. The summed E-state index contributed by atoms with van der Waals surface area (Å²) in [7, 11) is 1.52. The Labute approximate surface area is 179 Å². The predicted octanol–water partition coefficient (Wildman–Crippen LogP) is 3.06. The molecule has 1 saturated heterocycles. The van der Waals surface area contributed by atoms with Gasteiger partial charge in [0.25, 0.3) is 11.8 Å². The monoisotopic (exact) mass is 415 g/mol. The number of nitrogens with zero attached hydrogens (tertiary/aromatic N) is 3. The average Bonchev–Trinajstić information content (AvgIpc) is 3.11. The minimum atomic E-state index is -0.911. The highest BCUT2D eigenvalue weighted by atomic mass is 16.5. The van der Waals surface area contributed by atoms with Gasteiger partial charge in [0.1, 0.15) is 11.8 Å². The summed E-state index contributed by atoms with van der Waals surface area (Å²) in [6.07, 6.45) is 3.20. The SMILES string of the molecule is COc1cccc(C(=O)N(Cc2cccnc2)C2CC(=O)N(c3ccccc3)C2=O)c1. The Bertz CT molecular complexity index is 1100. The maximum Gasteiger partial charge on any atom is 0.257 e. The molecule has 1 aromatic heterocycles. The maximum atomic E-state index is 13.5. The third-order valence-corrected chi connectivity index (χ3v) is 5.17. The molecule has 0 saturated carbocycles. The normalized spacial score (nSPS) is 15.8. The number of rotatable bonds is 6. The lowest BCUT2D eigenvalue weighted by molar-refractivity contribution is -0.122. The number of amides is 3. The summed E-state index contributed by atoms with van der Waals surface area (Å²) in [6.45, 7) is 0.149. The van der Waals surface area contributed by atoms with Gasteiger partial charge in [0, 0.05) is 24.5 Å². The lowest BCUT2D eigenvalue weighted by atomic mass is 10.1. The fourth-order valence-corrected chi connectivity index (χ4v) is 3.64. The highest BCUT2D eigenvalue weighted by Crippen LogP contribution is 2.28. The quantitative estimate of drug-likeness (QED) is 0.578. The standard InChI is InChI=1S/C24H21N3O4/c1-31-20-11-5-8-18(13-20)23(29)26(16-17-7-6-12-25-15-17)21-14-22(28)27(24(21)30)19-9-3-2-4-10-19/h2-13,15,21H,14,16H2,1H3. The van der Waals surface area contributed by atoms with Gasteiger partial charge in [-0.3, -0.25) is 19.4 Å².